The molecule has 0 atom stereocenters. The summed E-state index contributed by atoms with van der Waals surface area (Å²) in [6, 6.07) is 9.59. The van der Waals surface area contributed by atoms with E-state index in [2.05, 4.69) is 5.32 Å². The highest BCUT2D eigenvalue weighted by molar-refractivity contribution is 5.85. The van der Waals surface area contributed by atoms with E-state index in [0.717, 1.165) is 23.5 Å². The second-order valence-electron chi connectivity index (χ2n) is 3.11. The molecule has 1 heterocycles. The largest absolute Gasteiger partial charge is 0.472 e. The van der Waals surface area contributed by atoms with Gasteiger partial charge in [-0.1, -0.05) is 0 Å². The van der Waals surface area contributed by atoms with Crippen molar-refractivity contribution in [2.24, 2.45) is 0 Å². The highest BCUT2D eigenvalue weighted by Crippen LogP contribution is 2.12. The van der Waals surface area contributed by atoms with Crippen LogP contribution in [0.25, 0.3) is 0 Å². The van der Waals surface area contributed by atoms with Crippen LogP contribution in [0.3, 0.4) is 0 Å². The normalized spacial score (nSPS) is 9.33. The fourth-order valence-corrected chi connectivity index (χ4v) is 1.20. The van der Waals surface area contributed by atoms with Crippen molar-refractivity contribution in [3.63, 3.8) is 0 Å². The zero-order chi connectivity index (χ0) is 9.80. The number of furan rings is 1. The number of halogens is 1. The fraction of sp³-hybridized carbons (Fsp3) is 0.0909. The van der Waals surface area contributed by atoms with E-state index in [4.69, 9.17) is 10.2 Å². The first-order valence-electron chi connectivity index (χ1n) is 4.45. The molecule has 4 heteroatoms. The van der Waals surface area contributed by atoms with Gasteiger partial charge in [-0.15, -0.1) is 12.4 Å². The van der Waals surface area contributed by atoms with Crippen molar-refractivity contribution in [1.82, 2.24) is 0 Å². The van der Waals surface area contributed by atoms with E-state index >= 15 is 0 Å². The highest BCUT2D eigenvalue weighted by atomic mass is 35.5. The lowest BCUT2D eigenvalue weighted by molar-refractivity contribution is 0.564. The van der Waals surface area contributed by atoms with Gasteiger partial charge in [0.25, 0.3) is 0 Å². The first-order valence-corrected chi connectivity index (χ1v) is 4.45. The average molecular weight is 225 g/mol. The topological polar surface area (TPSA) is 51.2 Å². The lowest BCUT2D eigenvalue weighted by Gasteiger charge is -2.04. The zero-order valence-electron chi connectivity index (χ0n) is 8.14. The summed E-state index contributed by atoms with van der Waals surface area (Å²) >= 11 is 0. The molecule has 0 aliphatic carbocycles. The van der Waals surface area contributed by atoms with Crippen LogP contribution in [0, 0.1) is 0 Å². The lowest BCUT2D eigenvalue weighted by atomic mass is 10.2. The van der Waals surface area contributed by atoms with Gasteiger partial charge in [0.2, 0.25) is 0 Å². The third-order valence-electron chi connectivity index (χ3n) is 1.99. The summed E-state index contributed by atoms with van der Waals surface area (Å²) in [6.07, 6.45) is 3.39. The standard InChI is InChI=1S/C11H12N2O.ClH/c12-10-1-3-11(4-2-10)13-7-9-5-6-14-8-9;/h1-6,8,13H,7,12H2;1H. The molecule has 0 bridgehead atoms. The number of benzene rings is 1. The van der Waals surface area contributed by atoms with Crippen molar-refractivity contribution in [2.45, 2.75) is 6.54 Å². The third kappa shape index (κ3) is 3.22. The van der Waals surface area contributed by atoms with Gasteiger partial charge in [0.1, 0.15) is 0 Å². The summed E-state index contributed by atoms with van der Waals surface area (Å²) < 4.78 is 4.96. The minimum Gasteiger partial charge on any atom is -0.472 e. The Morgan fingerprint density at radius 1 is 1.13 bits per heavy atom. The summed E-state index contributed by atoms with van der Waals surface area (Å²) in [5, 5.41) is 3.26. The number of anilines is 2. The molecule has 3 N–H and O–H groups in total. The Morgan fingerprint density at radius 2 is 1.87 bits per heavy atom. The van der Waals surface area contributed by atoms with Crippen molar-refractivity contribution in [3.05, 3.63) is 48.4 Å². The van der Waals surface area contributed by atoms with Gasteiger partial charge in [-0.05, 0) is 30.3 Å². The number of hydrogen-bond donors (Lipinski definition) is 2. The van der Waals surface area contributed by atoms with Gasteiger partial charge in [0.15, 0.2) is 0 Å². The molecule has 1 aromatic carbocycles. The van der Waals surface area contributed by atoms with Crippen molar-refractivity contribution in [1.29, 1.82) is 0 Å². The molecule has 80 valence electrons. The Kier molecular flexibility index (Phi) is 4.06. The van der Waals surface area contributed by atoms with E-state index in [9.17, 15) is 0 Å². The lowest BCUT2D eigenvalue weighted by Crippen LogP contribution is -1.97. The Bertz CT molecular complexity index is 383. The van der Waals surface area contributed by atoms with Crippen LogP contribution in [0.4, 0.5) is 11.4 Å². The quantitative estimate of drug-likeness (QED) is 0.789. The fourth-order valence-electron chi connectivity index (χ4n) is 1.20. The minimum atomic E-state index is 0. The maximum absolute atomic E-state index is 5.57. The van der Waals surface area contributed by atoms with Crippen LogP contribution in [0.1, 0.15) is 5.56 Å². The molecule has 0 spiro atoms. The Balaban J connectivity index is 0.00000112. The molecule has 0 saturated carbocycles. The summed E-state index contributed by atoms with van der Waals surface area (Å²) in [5.41, 5.74) is 8.53. The van der Waals surface area contributed by atoms with Crippen LogP contribution in [0.5, 0.6) is 0 Å². The molecular weight excluding hydrogens is 212 g/mol. The molecule has 1 aromatic heterocycles. The second-order valence-corrected chi connectivity index (χ2v) is 3.11. The number of nitrogens with one attached hydrogen (secondary N) is 1. The molecule has 0 amide bonds. The van der Waals surface area contributed by atoms with Crippen LogP contribution in [0.2, 0.25) is 0 Å². The molecule has 2 aromatic rings. The van der Waals surface area contributed by atoms with Crippen molar-refractivity contribution >= 4 is 23.8 Å². The van der Waals surface area contributed by atoms with Crippen molar-refractivity contribution in [3.8, 4) is 0 Å². The van der Waals surface area contributed by atoms with Gasteiger partial charge in [0.05, 0.1) is 12.5 Å². The molecular formula is C11H13ClN2O. The van der Waals surface area contributed by atoms with Gasteiger partial charge in [0, 0.05) is 23.5 Å². The molecule has 2 rings (SSSR count). The first-order chi connectivity index (χ1) is 6.84. The maximum atomic E-state index is 5.57. The van der Waals surface area contributed by atoms with Crippen molar-refractivity contribution in [2.75, 3.05) is 11.1 Å². The summed E-state index contributed by atoms with van der Waals surface area (Å²) in [4.78, 5) is 0. The molecule has 0 aliphatic heterocycles. The van der Waals surface area contributed by atoms with Gasteiger partial charge in [-0.3, -0.25) is 0 Å². The summed E-state index contributed by atoms with van der Waals surface area (Å²) in [6.45, 7) is 0.764. The van der Waals surface area contributed by atoms with Gasteiger partial charge in [-0.2, -0.15) is 0 Å². The minimum absolute atomic E-state index is 0. The van der Waals surface area contributed by atoms with Gasteiger partial charge in [-0.25, -0.2) is 0 Å². The zero-order valence-corrected chi connectivity index (χ0v) is 8.96. The summed E-state index contributed by atoms with van der Waals surface area (Å²) in [5.74, 6) is 0. The molecule has 0 unspecified atom stereocenters. The molecule has 3 nitrogen and oxygen atoms in total. The Morgan fingerprint density at radius 3 is 2.47 bits per heavy atom. The molecule has 15 heavy (non-hydrogen) atoms. The predicted molar refractivity (Wildman–Crippen MR) is 64.1 cm³/mol. The predicted octanol–water partition coefficient (Wildman–Crippen LogP) is 2.90. The SMILES string of the molecule is Cl.Nc1ccc(NCc2ccoc2)cc1. The molecule has 0 fully saturated rings. The Hall–Kier alpha value is -1.61. The maximum Gasteiger partial charge on any atom is 0.0952 e. The van der Waals surface area contributed by atoms with Gasteiger partial charge < -0.3 is 15.5 Å². The van der Waals surface area contributed by atoms with E-state index in [1.54, 1.807) is 12.5 Å². The van der Waals surface area contributed by atoms with E-state index in [1.165, 1.54) is 0 Å². The van der Waals surface area contributed by atoms with E-state index < -0.39 is 0 Å². The van der Waals surface area contributed by atoms with Crippen LogP contribution in [-0.4, -0.2) is 0 Å². The molecule has 0 aliphatic rings. The summed E-state index contributed by atoms with van der Waals surface area (Å²) in [7, 11) is 0. The van der Waals surface area contributed by atoms with Crippen LogP contribution in [-0.2, 0) is 6.54 Å². The number of nitrogen functional groups attached to an aromatic ring is 1. The number of nitrogens with two attached hydrogens (primary N) is 1. The Labute approximate surface area is 94.7 Å². The van der Waals surface area contributed by atoms with Gasteiger partial charge >= 0.3 is 0 Å². The van der Waals surface area contributed by atoms with Crippen molar-refractivity contribution < 1.29 is 4.42 Å². The van der Waals surface area contributed by atoms with E-state index in [1.807, 2.05) is 30.3 Å². The molecule has 0 radical (unpaired) electrons. The van der Waals surface area contributed by atoms with Crippen LogP contribution in [0.15, 0.2) is 47.3 Å². The smallest absolute Gasteiger partial charge is 0.0952 e. The monoisotopic (exact) mass is 224 g/mol. The van der Waals surface area contributed by atoms with Crippen LogP contribution >= 0.6 is 12.4 Å². The van der Waals surface area contributed by atoms with E-state index in [0.29, 0.717) is 0 Å². The highest BCUT2D eigenvalue weighted by Gasteiger charge is 1.94. The third-order valence-corrected chi connectivity index (χ3v) is 1.99. The number of rotatable bonds is 3. The van der Waals surface area contributed by atoms with E-state index in [-0.39, 0.29) is 12.4 Å². The van der Waals surface area contributed by atoms with Crippen LogP contribution < -0.4 is 11.1 Å². The second kappa shape index (κ2) is 5.32. The molecule has 0 saturated heterocycles. The number of hydrogen-bond acceptors (Lipinski definition) is 3. The first kappa shape index (κ1) is 11.5. The average Bonchev–Trinajstić information content (AvgIpc) is 2.70.